The van der Waals surface area contributed by atoms with Gasteiger partial charge in [-0.25, -0.2) is 9.36 Å². The van der Waals surface area contributed by atoms with E-state index in [4.69, 9.17) is 9.47 Å². The molecule has 12 nitrogen and oxygen atoms in total. The van der Waals surface area contributed by atoms with E-state index >= 15 is 0 Å². The molecule has 57 heavy (non-hydrogen) atoms. The fraction of sp³-hybridized carbons (Fsp3) is 0.644. The monoisotopic (exact) mass is 775 g/mol. The van der Waals surface area contributed by atoms with Gasteiger partial charge in [0.2, 0.25) is 0 Å². The van der Waals surface area contributed by atoms with Crippen LogP contribution in [-0.2, 0) is 22.6 Å². The second-order valence-electron chi connectivity index (χ2n) is 18.9. The van der Waals surface area contributed by atoms with Crippen molar-refractivity contribution in [1.29, 1.82) is 0 Å². The topological polar surface area (TPSA) is 102 Å². The molecule has 4 atom stereocenters. The molecule has 0 radical (unpaired) electrons. The Morgan fingerprint density at radius 1 is 0.702 bits per heavy atom. The normalized spacial score (nSPS) is 27.4. The first-order valence-electron chi connectivity index (χ1n) is 22.0. The highest BCUT2D eigenvalue weighted by Gasteiger charge is 2.52. The van der Waals surface area contributed by atoms with Crippen molar-refractivity contribution in [3.8, 4) is 22.5 Å². The number of hydrogen-bond donors (Lipinski definition) is 1. The molecule has 0 amide bonds. The summed E-state index contributed by atoms with van der Waals surface area (Å²) in [6, 6.07) is 14.9. The standard InChI is InChI=1S/C45H62N10O2/c1-32-20-34(10-12-38(32)41-26-54(49-47-41)24-36-8-4-6-18-56-36)52-28-44(29-52)14-16-46-40(22-44)43-23-45(15-17-51(43)3)30-53(31-45)35-11-13-39(33(2)21-35)42-27-55(50-48-42)25-37-9-5-7-19-57-37/h10-13,20-21,26-27,36-37,40,43,46H,4-9,14-19,22-25,28-31H2,1-3H3/t36-,37-,40?,43?/m1/s1. The Labute approximate surface area is 338 Å². The minimum atomic E-state index is 0.251. The number of anilines is 2. The predicted molar refractivity (Wildman–Crippen MR) is 224 cm³/mol. The highest BCUT2D eigenvalue weighted by Crippen LogP contribution is 2.49. The van der Waals surface area contributed by atoms with Crippen LogP contribution in [0.3, 0.4) is 0 Å². The van der Waals surface area contributed by atoms with Crippen molar-refractivity contribution >= 4 is 11.4 Å². The van der Waals surface area contributed by atoms with Crippen LogP contribution in [0.1, 0.15) is 75.3 Å². The molecule has 12 heteroatoms. The molecule has 8 heterocycles. The first kappa shape index (κ1) is 37.4. The van der Waals surface area contributed by atoms with Gasteiger partial charge in [0.25, 0.3) is 0 Å². The van der Waals surface area contributed by atoms with Gasteiger partial charge in [0.15, 0.2) is 0 Å². The number of likely N-dealkylation sites (N-methyl/N-ethyl adjacent to an activating group) is 1. The number of aryl methyl sites for hydroxylation is 2. The molecule has 4 aromatic rings. The van der Waals surface area contributed by atoms with Crippen LogP contribution in [0.4, 0.5) is 11.4 Å². The highest BCUT2D eigenvalue weighted by molar-refractivity contribution is 5.68. The molecule has 6 aliphatic heterocycles. The van der Waals surface area contributed by atoms with E-state index in [1.54, 1.807) is 0 Å². The van der Waals surface area contributed by atoms with E-state index in [1.165, 1.54) is 91.5 Å². The van der Waals surface area contributed by atoms with Gasteiger partial charge >= 0.3 is 0 Å². The average molecular weight is 775 g/mol. The Balaban J connectivity index is 0.736. The van der Waals surface area contributed by atoms with E-state index in [1.807, 2.05) is 9.36 Å². The summed E-state index contributed by atoms with van der Waals surface area (Å²) >= 11 is 0. The zero-order chi connectivity index (χ0) is 38.6. The van der Waals surface area contributed by atoms with Crippen LogP contribution < -0.4 is 15.1 Å². The number of ether oxygens (including phenoxy) is 2. The van der Waals surface area contributed by atoms with Crippen LogP contribution >= 0.6 is 0 Å². The molecule has 2 aromatic heterocycles. The lowest BCUT2D eigenvalue weighted by atomic mass is 9.64. The number of aromatic nitrogens is 6. The summed E-state index contributed by atoms with van der Waals surface area (Å²) < 4.78 is 15.8. The predicted octanol–water partition coefficient (Wildman–Crippen LogP) is 6.12. The van der Waals surface area contributed by atoms with E-state index in [9.17, 15) is 0 Å². The molecule has 2 unspecified atom stereocenters. The lowest BCUT2D eigenvalue weighted by Gasteiger charge is -2.60. The average Bonchev–Trinajstić information content (AvgIpc) is 3.87. The number of piperidine rings is 2. The minimum absolute atomic E-state index is 0.251. The number of rotatable bonds is 9. The van der Waals surface area contributed by atoms with Crippen LogP contribution in [0.5, 0.6) is 0 Å². The highest BCUT2D eigenvalue weighted by atomic mass is 16.5. The number of hydrogen-bond acceptors (Lipinski definition) is 10. The molecule has 0 aliphatic carbocycles. The SMILES string of the molecule is Cc1cc(N2CC3(CCNC(C4CC5(CCN4C)CN(c4ccc(-c6cn(C[C@H]7CCCCO7)nn6)c(C)c4)C5)C3)C2)ccc1-c1cn(C[C@H]2CCCCO2)nn1. The summed E-state index contributed by atoms with van der Waals surface area (Å²) in [5.41, 5.74) is 10.2. The Bertz CT molecular complexity index is 2020. The maximum atomic E-state index is 5.94. The minimum Gasteiger partial charge on any atom is -0.376 e. The van der Waals surface area contributed by atoms with E-state index in [2.05, 4.69) is 110 Å². The number of benzene rings is 2. The van der Waals surface area contributed by atoms with Crippen LogP contribution in [0.2, 0.25) is 0 Å². The lowest BCUT2D eigenvalue weighted by Crippen LogP contribution is -2.68. The number of nitrogens with one attached hydrogen (secondary N) is 1. The van der Waals surface area contributed by atoms with Crippen molar-refractivity contribution in [2.75, 3.05) is 69.3 Å². The van der Waals surface area contributed by atoms with Crippen molar-refractivity contribution in [1.82, 2.24) is 40.2 Å². The van der Waals surface area contributed by atoms with E-state index in [0.29, 0.717) is 22.9 Å². The van der Waals surface area contributed by atoms with Gasteiger partial charge < -0.3 is 29.5 Å². The molecule has 6 saturated heterocycles. The van der Waals surface area contributed by atoms with E-state index in [0.717, 1.165) is 83.3 Å². The van der Waals surface area contributed by atoms with Gasteiger partial charge in [-0.15, -0.1) is 10.2 Å². The molecular weight excluding hydrogens is 713 g/mol. The third kappa shape index (κ3) is 7.63. The molecule has 0 bridgehead atoms. The maximum Gasteiger partial charge on any atom is 0.113 e. The fourth-order valence-electron chi connectivity index (χ4n) is 11.2. The fourth-order valence-corrected chi connectivity index (χ4v) is 11.2. The second-order valence-corrected chi connectivity index (χ2v) is 18.9. The van der Waals surface area contributed by atoms with Crippen molar-refractivity contribution in [2.24, 2.45) is 10.8 Å². The Morgan fingerprint density at radius 2 is 1.25 bits per heavy atom. The molecule has 2 aromatic carbocycles. The molecule has 304 valence electrons. The second kappa shape index (κ2) is 15.4. The smallest absolute Gasteiger partial charge is 0.113 e. The molecule has 0 saturated carbocycles. The summed E-state index contributed by atoms with van der Waals surface area (Å²) in [5, 5.41) is 22.0. The summed E-state index contributed by atoms with van der Waals surface area (Å²) in [4.78, 5) is 7.89. The van der Waals surface area contributed by atoms with Crippen LogP contribution in [-0.4, -0.2) is 119 Å². The lowest BCUT2D eigenvalue weighted by molar-refractivity contribution is 0.00213. The van der Waals surface area contributed by atoms with E-state index in [-0.39, 0.29) is 12.2 Å². The number of likely N-dealkylation sites (tertiary alicyclic amines) is 1. The molecule has 1 N–H and O–H groups in total. The van der Waals surface area contributed by atoms with Crippen molar-refractivity contribution in [2.45, 2.75) is 115 Å². The van der Waals surface area contributed by atoms with Crippen molar-refractivity contribution < 1.29 is 9.47 Å². The summed E-state index contributed by atoms with van der Waals surface area (Å²) in [6.45, 7) is 14.6. The van der Waals surface area contributed by atoms with Gasteiger partial charge in [-0.2, -0.15) is 0 Å². The Kier molecular flexibility index (Phi) is 10.1. The van der Waals surface area contributed by atoms with Gasteiger partial charge in [0.05, 0.1) is 37.7 Å². The third-order valence-corrected chi connectivity index (χ3v) is 14.6. The van der Waals surface area contributed by atoms with Crippen LogP contribution in [0, 0.1) is 24.7 Å². The Morgan fingerprint density at radius 3 is 1.75 bits per heavy atom. The zero-order valence-corrected chi connectivity index (χ0v) is 34.4. The first-order chi connectivity index (χ1) is 27.8. The van der Waals surface area contributed by atoms with Gasteiger partial charge in [-0.05, 0) is 134 Å². The van der Waals surface area contributed by atoms with Crippen LogP contribution in [0.15, 0.2) is 48.8 Å². The van der Waals surface area contributed by atoms with Crippen LogP contribution in [0.25, 0.3) is 22.5 Å². The summed E-state index contributed by atoms with van der Waals surface area (Å²) in [5.74, 6) is 0. The van der Waals surface area contributed by atoms with Gasteiger partial charge in [0.1, 0.15) is 11.4 Å². The first-order valence-corrected chi connectivity index (χ1v) is 22.0. The van der Waals surface area contributed by atoms with Crippen molar-refractivity contribution in [3.63, 3.8) is 0 Å². The molecular formula is C45H62N10O2. The molecule has 6 aliphatic rings. The molecule has 10 rings (SSSR count). The third-order valence-electron chi connectivity index (χ3n) is 14.6. The van der Waals surface area contributed by atoms with E-state index < -0.39 is 0 Å². The molecule has 6 fully saturated rings. The van der Waals surface area contributed by atoms with Crippen molar-refractivity contribution in [3.05, 3.63) is 59.9 Å². The molecule has 2 spiro atoms. The van der Waals surface area contributed by atoms with Gasteiger partial charge in [-0.1, -0.05) is 22.6 Å². The largest absolute Gasteiger partial charge is 0.376 e. The summed E-state index contributed by atoms with van der Waals surface area (Å²) in [6.07, 6.45) is 16.8. The number of nitrogens with zero attached hydrogens (tertiary/aromatic N) is 9. The maximum absolute atomic E-state index is 5.94. The van der Waals surface area contributed by atoms with Gasteiger partial charge in [0, 0.05) is 84.8 Å². The zero-order valence-electron chi connectivity index (χ0n) is 34.4. The summed E-state index contributed by atoms with van der Waals surface area (Å²) in [7, 11) is 2.37. The van der Waals surface area contributed by atoms with Gasteiger partial charge in [-0.3, -0.25) is 0 Å². The quantitative estimate of drug-likeness (QED) is 0.214. The Hall–Kier alpha value is -3.84.